The Bertz CT molecular complexity index is 799. The minimum absolute atomic E-state index is 0.246. The molecule has 0 aliphatic heterocycles. The maximum Gasteiger partial charge on any atom is 0.271 e. The van der Waals surface area contributed by atoms with Gasteiger partial charge in [-0.2, -0.15) is 0 Å². The van der Waals surface area contributed by atoms with Gasteiger partial charge in [0.2, 0.25) is 0 Å². The second-order valence-electron chi connectivity index (χ2n) is 4.28. The number of carbonyl (C=O) groups is 1. The number of hydrogen-bond donors (Lipinski definition) is 1. The number of benzene rings is 1. The molecule has 1 N–H and O–H groups in total. The average Bonchev–Trinajstić information content (AvgIpc) is 2.93. The van der Waals surface area contributed by atoms with Crippen LogP contribution >= 0.6 is 11.3 Å². The molecule has 21 heavy (non-hydrogen) atoms. The van der Waals surface area contributed by atoms with Crippen molar-refractivity contribution in [3.8, 4) is 12.3 Å². The SMILES string of the molecule is C#Cc1nc(C(=O)NCc2ccc(S(C)(=O)=O)cc2)cs1. The molecular weight excluding hydrogens is 308 g/mol. The summed E-state index contributed by atoms with van der Waals surface area (Å²) in [6, 6.07) is 6.33. The lowest BCUT2D eigenvalue weighted by atomic mass is 10.2. The molecule has 1 aromatic carbocycles. The molecule has 108 valence electrons. The topological polar surface area (TPSA) is 76.1 Å². The van der Waals surface area contributed by atoms with Crippen molar-refractivity contribution in [3.63, 3.8) is 0 Å². The van der Waals surface area contributed by atoms with Crippen LogP contribution in [-0.2, 0) is 16.4 Å². The Balaban J connectivity index is 2.00. The molecule has 2 rings (SSSR count). The van der Waals surface area contributed by atoms with Crippen molar-refractivity contribution in [1.29, 1.82) is 0 Å². The maximum absolute atomic E-state index is 11.8. The highest BCUT2D eigenvalue weighted by Crippen LogP contribution is 2.11. The van der Waals surface area contributed by atoms with Gasteiger partial charge in [0, 0.05) is 18.2 Å². The van der Waals surface area contributed by atoms with Gasteiger partial charge in [0.25, 0.3) is 5.91 Å². The van der Waals surface area contributed by atoms with Crippen LogP contribution in [0.25, 0.3) is 0 Å². The lowest BCUT2D eigenvalue weighted by Gasteiger charge is -2.04. The Hall–Kier alpha value is -2.17. The molecule has 5 nitrogen and oxygen atoms in total. The molecular formula is C14H12N2O3S2. The summed E-state index contributed by atoms with van der Waals surface area (Å²) in [5, 5.41) is 4.75. The van der Waals surface area contributed by atoms with Crippen LogP contribution in [0.4, 0.5) is 0 Å². The predicted molar refractivity (Wildman–Crippen MR) is 80.8 cm³/mol. The van der Waals surface area contributed by atoms with Crippen molar-refractivity contribution in [2.75, 3.05) is 6.26 Å². The van der Waals surface area contributed by atoms with Gasteiger partial charge in [-0.3, -0.25) is 4.79 Å². The van der Waals surface area contributed by atoms with Gasteiger partial charge in [-0.05, 0) is 23.6 Å². The van der Waals surface area contributed by atoms with Crippen LogP contribution in [0.2, 0.25) is 0 Å². The van der Waals surface area contributed by atoms with E-state index >= 15 is 0 Å². The third-order valence-electron chi connectivity index (χ3n) is 2.66. The number of aromatic nitrogens is 1. The molecule has 0 saturated carbocycles. The Labute approximate surface area is 127 Å². The third-order valence-corrected chi connectivity index (χ3v) is 4.57. The van der Waals surface area contributed by atoms with Crippen molar-refractivity contribution in [3.05, 3.63) is 45.9 Å². The largest absolute Gasteiger partial charge is 0.347 e. The van der Waals surface area contributed by atoms with E-state index in [4.69, 9.17) is 6.42 Å². The van der Waals surface area contributed by atoms with Crippen molar-refractivity contribution in [2.45, 2.75) is 11.4 Å². The Morgan fingerprint density at radius 3 is 2.57 bits per heavy atom. The van der Waals surface area contributed by atoms with E-state index < -0.39 is 9.84 Å². The van der Waals surface area contributed by atoms with Gasteiger partial charge in [0.15, 0.2) is 14.8 Å². The van der Waals surface area contributed by atoms with Crippen molar-refractivity contribution < 1.29 is 13.2 Å². The lowest BCUT2D eigenvalue weighted by molar-refractivity contribution is 0.0946. The number of hydrogen-bond acceptors (Lipinski definition) is 5. The summed E-state index contributed by atoms with van der Waals surface area (Å²) < 4.78 is 22.7. The molecule has 0 radical (unpaired) electrons. The van der Waals surface area contributed by atoms with Gasteiger partial charge in [-0.1, -0.05) is 12.1 Å². The Morgan fingerprint density at radius 2 is 2.05 bits per heavy atom. The number of terminal acetylenes is 1. The van der Waals surface area contributed by atoms with Crippen molar-refractivity contribution in [1.82, 2.24) is 10.3 Å². The summed E-state index contributed by atoms with van der Waals surface area (Å²) in [6.45, 7) is 0.284. The molecule has 0 saturated heterocycles. The van der Waals surface area contributed by atoms with Gasteiger partial charge < -0.3 is 5.32 Å². The smallest absolute Gasteiger partial charge is 0.271 e. The van der Waals surface area contributed by atoms with E-state index in [1.165, 1.54) is 23.5 Å². The van der Waals surface area contributed by atoms with E-state index in [-0.39, 0.29) is 23.0 Å². The molecule has 0 bridgehead atoms. The molecule has 0 spiro atoms. The normalized spacial score (nSPS) is 10.9. The molecule has 1 amide bonds. The third kappa shape index (κ3) is 3.90. The van der Waals surface area contributed by atoms with Crippen LogP contribution in [0.3, 0.4) is 0 Å². The van der Waals surface area contributed by atoms with Crippen LogP contribution in [0.15, 0.2) is 34.5 Å². The number of sulfone groups is 1. The van der Waals surface area contributed by atoms with E-state index in [0.29, 0.717) is 5.01 Å². The first-order chi connectivity index (χ1) is 9.90. The molecule has 7 heteroatoms. The summed E-state index contributed by atoms with van der Waals surface area (Å²) >= 11 is 1.23. The highest BCUT2D eigenvalue weighted by Gasteiger charge is 2.10. The number of rotatable bonds is 4. The summed E-state index contributed by atoms with van der Waals surface area (Å²) in [5.74, 6) is 2.05. The summed E-state index contributed by atoms with van der Waals surface area (Å²) in [6.07, 6.45) is 6.34. The number of amides is 1. The molecule has 0 fully saturated rings. The fourth-order valence-electron chi connectivity index (χ4n) is 1.57. The summed E-state index contributed by atoms with van der Waals surface area (Å²) in [7, 11) is -3.21. The average molecular weight is 320 g/mol. The molecule has 0 unspecified atom stereocenters. The zero-order chi connectivity index (χ0) is 15.5. The first kappa shape index (κ1) is 15.2. The molecule has 1 aromatic heterocycles. The molecule has 0 atom stereocenters. The van der Waals surface area contributed by atoms with Gasteiger partial charge >= 0.3 is 0 Å². The zero-order valence-electron chi connectivity index (χ0n) is 11.2. The fraction of sp³-hybridized carbons (Fsp3) is 0.143. The van der Waals surface area contributed by atoms with Gasteiger partial charge in [0.1, 0.15) is 5.69 Å². The predicted octanol–water partition coefficient (Wildman–Crippen LogP) is 1.46. The lowest BCUT2D eigenvalue weighted by Crippen LogP contribution is -2.23. The van der Waals surface area contributed by atoms with E-state index in [1.807, 2.05) is 0 Å². The van der Waals surface area contributed by atoms with Gasteiger partial charge in [-0.15, -0.1) is 17.8 Å². The monoisotopic (exact) mass is 320 g/mol. The molecule has 0 aliphatic carbocycles. The second-order valence-corrected chi connectivity index (χ2v) is 7.15. The maximum atomic E-state index is 11.8. The minimum Gasteiger partial charge on any atom is -0.347 e. The van der Waals surface area contributed by atoms with E-state index in [1.54, 1.807) is 17.5 Å². The standard InChI is InChI=1S/C14H12N2O3S2/c1-3-13-16-12(9-20-13)14(17)15-8-10-4-6-11(7-5-10)21(2,18)19/h1,4-7,9H,8H2,2H3,(H,15,17). The van der Waals surface area contributed by atoms with E-state index in [0.717, 1.165) is 11.8 Å². The van der Waals surface area contributed by atoms with Gasteiger partial charge in [0.05, 0.1) is 4.90 Å². The van der Waals surface area contributed by atoms with Crippen LogP contribution in [0, 0.1) is 12.3 Å². The zero-order valence-corrected chi connectivity index (χ0v) is 12.8. The number of carbonyl (C=O) groups excluding carboxylic acids is 1. The first-order valence-electron chi connectivity index (χ1n) is 5.89. The minimum atomic E-state index is -3.21. The van der Waals surface area contributed by atoms with E-state index in [9.17, 15) is 13.2 Å². The molecule has 0 aliphatic rings. The van der Waals surface area contributed by atoms with Gasteiger partial charge in [-0.25, -0.2) is 13.4 Å². The second kappa shape index (κ2) is 6.08. The molecule has 1 heterocycles. The first-order valence-corrected chi connectivity index (χ1v) is 8.66. The Kier molecular flexibility index (Phi) is 4.40. The molecule has 2 aromatic rings. The van der Waals surface area contributed by atoms with Crippen LogP contribution in [-0.4, -0.2) is 25.6 Å². The Morgan fingerprint density at radius 1 is 1.38 bits per heavy atom. The van der Waals surface area contributed by atoms with Crippen LogP contribution in [0.1, 0.15) is 21.1 Å². The van der Waals surface area contributed by atoms with Crippen molar-refractivity contribution in [2.24, 2.45) is 0 Å². The van der Waals surface area contributed by atoms with Crippen molar-refractivity contribution >= 4 is 27.1 Å². The number of thiazole rings is 1. The summed E-state index contributed by atoms with van der Waals surface area (Å²) in [5.41, 5.74) is 1.07. The number of nitrogens with zero attached hydrogens (tertiary/aromatic N) is 1. The van der Waals surface area contributed by atoms with Crippen LogP contribution in [0.5, 0.6) is 0 Å². The van der Waals surface area contributed by atoms with Crippen LogP contribution < -0.4 is 5.32 Å². The number of nitrogens with one attached hydrogen (secondary N) is 1. The fourth-order valence-corrected chi connectivity index (χ4v) is 2.80. The summed E-state index contributed by atoms with van der Waals surface area (Å²) in [4.78, 5) is 16.1. The highest BCUT2D eigenvalue weighted by molar-refractivity contribution is 7.90. The highest BCUT2D eigenvalue weighted by atomic mass is 32.2. The quantitative estimate of drug-likeness (QED) is 0.865. The van der Waals surface area contributed by atoms with E-state index in [2.05, 4.69) is 16.2 Å².